The SMILES string of the molecule is CC(c1cccs1)N(C)Cc1ccc(CO)cc1. The Bertz CT molecular complexity index is 464. The summed E-state index contributed by atoms with van der Waals surface area (Å²) in [7, 11) is 2.14. The van der Waals surface area contributed by atoms with Gasteiger partial charge in [0.05, 0.1) is 6.61 Å². The summed E-state index contributed by atoms with van der Waals surface area (Å²) in [5.41, 5.74) is 2.24. The average Bonchev–Trinajstić information content (AvgIpc) is 2.92. The normalized spacial score (nSPS) is 12.9. The Morgan fingerprint density at radius 2 is 1.83 bits per heavy atom. The zero-order valence-corrected chi connectivity index (χ0v) is 11.7. The number of nitrogens with zero attached hydrogens (tertiary/aromatic N) is 1. The van der Waals surface area contributed by atoms with Crippen LogP contribution in [0.3, 0.4) is 0 Å². The number of aliphatic hydroxyl groups is 1. The van der Waals surface area contributed by atoms with Crippen molar-refractivity contribution in [1.29, 1.82) is 0 Å². The predicted octanol–water partition coefficient (Wildman–Crippen LogP) is 3.43. The van der Waals surface area contributed by atoms with Crippen LogP contribution >= 0.6 is 11.3 Å². The van der Waals surface area contributed by atoms with Crippen LogP contribution in [0.4, 0.5) is 0 Å². The fourth-order valence-electron chi connectivity index (χ4n) is 1.92. The van der Waals surface area contributed by atoms with Gasteiger partial charge in [-0.15, -0.1) is 11.3 Å². The van der Waals surface area contributed by atoms with Gasteiger partial charge in [0, 0.05) is 17.5 Å². The molecule has 0 fully saturated rings. The van der Waals surface area contributed by atoms with E-state index in [-0.39, 0.29) is 6.61 Å². The number of hydrogen-bond donors (Lipinski definition) is 1. The first kappa shape index (κ1) is 13.3. The molecule has 3 heteroatoms. The molecule has 0 aliphatic heterocycles. The summed E-state index contributed by atoms with van der Waals surface area (Å²) in [6, 6.07) is 12.9. The van der Waals surface area contributed by atoms with Gasteiger partial charge in [-0.05, 0) is 36.5 Å². The second-order valence-electron chi connectivity index (χ2n) is 4.58. The van der Waals surface area contributed by atoms with Gasteiger partial charge in [0.2, 0.25) is 0 Å². The highest BCUT2D eigenvalue weighted by Gasteiger charge is 2.12. The molecule has 0 saturated heterocycles. The Balaban J connectivity index is 1.99. The minimum Gasteiger partial charge on any atom is -0.392 e. The minimum absolute atomic E-state index is 0.113. The van der Waals surface area contributed by atoms with E-state index in [4.69, 9.17) is 5.11 Å². The van der Waals surface area contributed by atoms with E-state index in [1.54, 1.807) is 11.3 Å². The first-order chi connectivity index (χ1) is 8.70. The molecule has 1 heterocycles. The molecule has 0 amide bonds. The topological polar surface area (TPSA) is 23.5 Å². The lowest BCUT2D eigenvalue weighted by Crippen LogP contribution is -2.21. The number of rotatable bonds is 5. The van der Waals surface area contributed by atoms with Crippen LogP contribution in [0.25, 0.3) is 0 Å². The van der Waals surface area contributed by atoms with Crippen LogP contribution in [-0.2, 0) is 13.2 Å². The van der Waals surface area contributed by atoms with E-state index >= 15 is 0 Å². The maximum absolute atomic E-state index is 9.01. The quantitative estimate of drug-likeness (QED) is 0.891. The van der Waals surface area contributed by atoms with Crippen molar-refractivity contribution in [1.82, 2.24) is 4.90 Å². The zero-order chi connectivity index (χ0) is 13.0. The second-order valence-corrected chi connectivity index (χ2v) is 5.56. The van der Waals surface area contributed by atoms with Gasteiger partial charge in [-0.25, -0.2) is 0 Å². The Labute approximate surface area is 113 Å². The minimum atomic E-state index is 0.113. The summed E-state index contributed by atoms with van der Waals surface area (Å²) in [5, 5.41) is 11.1. The van der Waals surface area contributed by atoms with Crippen LogP contribution in [0.1, 0.15) is 29.0 Å². The van der Waals surface area contributed by atoms with Gasteiger partial charge in [0.15, 0.2) is 0 Å². The van der Waals surface area contributed by atoms with Gasteiger partial charge in [0.1, 0.15) is 0 Å². The molecular formula is C15H19NOS. The number of benzene rings is 1. The molecule has 2 nitrogen and oxygen atoms in total. The molecule has 0 radical (unpaired) electrons. The Morgan fingerprint density at radius 1 is 1.17 bits per heavy atom. The Morgan fingerprint density at radius 3 is 2.39 bits per heavy atom. The lowest BCUT2D eigenvalue weighted by molar-refractivity contribution is 0.256. The fourth-order valence-corrected chi connectivity index (χ4v) is 2.77. The van der Waals surface area contributed by atoms with Gasteiger partial charge in [0.25, 0.3) is 0 Å². The highest BCUT2D eigenvalue weighted by Crippen LogP contribution is 2.24. The molecular weight excluding hydrogens is 242 g/mol. The molecule has 96 valence electrons. The van der Waals surface area contributed by atoms with Crippen molar-refractivity contribution >= 4 is 11.3 Å². The van der Waals surface area contributed by atoms with Crippen molar-refractivity contribution in [2.45, 2.75) is 26.1 Å². The summed E-state index contributed by atoms with van der Waals surface area (Å²) in [5.74, 6) is 0. The molecule has 18 heavy (non-hydrogen) atoms. The van der Waals surface area contributed by atoms with Crippen molar-refractivity contribution in [2.75, 3.05) is 7.05 Å². The molecule has 1 aromatic carbocycles. The third-order valence-electron chi connectivity index (χ3n) is 3.25. The molecule has 0 saturated carbocycles. The van der Waals surface area contributed by atoms with E-state index in [0.717, 1.165) is 12.1 Å². The second kappa shape index (κ2) is 6.14. The molecule has 1 atom stereocenters. The smallest absolute Gasteiger partial charge is 0.0681 e. The summed E-state index contributed by atoms with van der Waals surface area (Å²) in [6.45, 7) is 3.26. The van der Waals surface area contributed by atoms with E-state index in [9.17, 15) is 0 Å². The predicted molar refractivity (Wildman–Crippen MR) is 76.6 cm³/mol. The number of hydrogen-bond acceptors (Lipinski definition) is 3. The van der Waals surface area contributed by atoms with Crippen molar-refractivity contribution in [2.24, 2.45) is 0 Å². The van der Waals surface area contributed by atoms with E-state index in [1.165, 1.54) is 10.4 Å². The van der Waals surface area contributed by atoms with Crippen LogP contribution in [0, 0.1) is 0 Å². The molecule has 2 aromatic rings. The molecule has 0 spiro atoms. The highest BCUT2D eigenvalue weighted by molar-refractivity contribution is 7.10. The molecule has 0 aliphatic carbocycles. The van der Waals surface area contributed by atoms with Gasteiger partial charge in [-0.2, -0.15) is 0 Å². The summed E-state index contributed by atoms with van der Waals surface area (Å²) < 4.78 is 0. The highest BCUT2D eigenvalue weighted by atomic mass is 32.1. The monoisotopic (exact) mass is 261 g/mol. The fraction of sp³-hybridized carbons (Fsp3) is 0.333. The lowest BCUT2D eigenvalue weighted by atomic mass is 10.1. The Hall–Kier alpha value is -1.16. The lowest BCUT2D eigenvalue weighted by Gasteiger charge is -2.23. The molecule has 1 unspecified atom stereocenters. The van der Waals surface area contributed by atoms with E-state index < -0.39 is 0 Å². The third kappa shape index (κ3) is 3.19. The van der Waals surface area contributed by atoms with Crippen molar-refractivity contribution in [3.63, 3.8) is 0 Å². The Kier molecular flexibility index (Phi) is 4.53. The first-order valence-electron chi connectivity index (χ1n) is 6.13. The molecule has 1 N–H and O–H groups in total. The van der Waals surface area contributed by atoms with Crippen LogP contribution in [0.2, 0.25) is 0 Å². The summed E-state index contributed by atoms with van der Waals surface area (Å²) in [4.78, 5) is 3.73. The maximum atomic E-state index is 9.01. The van der Waals surface area contributed by atoms with Gasteiger partial charge >= 0.3 is 0 Å². The largest absolute Gasteiger partial charge is 0.392 e. The summed E-state index contributed by atoms with van der Waals surface area (Å²) >= 11 is 1.80. The standard InChI is InChI=1S/C15H19NOS/c1-12(15-4-3-9-18-15)16(2)10-13-5-7-14(11-17)8-6-13/h3-9,12,17H,10-11H2,1-2H3. The molecule has 0 aliphatic rings. The van der Waals surface area contributed by atoms with E-state index in [0.29, 0.717) is 6.04 Å². The van der Waals surface area contributed by atoms with Crippen LogP contribution in [0.5, 0.6) is 0 Å². The van der Waals surface area contributed by atoms with Crippen LogP contribution in [-0.4, -0.2) is 17.1 Å². The number of thiophene rings is 1. The van der Waals surface area contributed by atoms with E-state index in [2.05, 4.69) is 48.5 Å². The van der Waals surface area contributed by atoms with Crippen molar-refractivity contribution in [3.05, 3.63) is 57.8 Å². The average molecular weight is 261 g/mol. The third-order valence-corrected chi connectivity index (χ3v) is 4.30. The van der Waals surface area contributed by atoms with Crippen molar-refractivity contribution < 1.29 is 5.11 Å². The first-order valence-corrected chi connectivity index (χ1v) is 7.01. The summed E-state index contributed by atoms with van der Waals surface area (Å²) in [6.07, 6.45) is 0. The van der Waals surface area contributed by atoms with Crippen LogP contribution in [0.15, 0.2) is 41.8 Å². The molecule has 0 bridgehead atoms. The number of aliphatic hydroxyl groups excluding tert-OH is 1. The van der Waals surface area contributed by atoms with Gasteiger partial charge in [-0.1, -0.05) is 30.3 Å². The molecule has 1 aromatic heterocycles. The van der Waals surface area contributed by atoms with Crippen molar-refractivity contribution in [3.8, 4) is 0 Å². The van der Waals surface area contributed by atoms with E-state index in [1.807, 2.05) is 12.1 Å². The van der Waals surface area contributed by atoms with Gasteiger partial charge in [-0.3, -0.25) is 4.90 Å². The van der Waals surface area contributed by atoms with Crippen LogP contribution < -0.4 is 0 Å². The maximum Gasteiger partial charge on any atom is 0.0681 e. The zero-order valence-electron chi connectivity index (χ0n) is 10.8. The van der Waals surface area contributed by atoms with Gasteiger partial charge < -0.3 is 5.11 Å². The molecule has 2 rings (SSSR count).